The molecule has 18 heteroatoms. The van der Waals surface area contributed by atoms with Crippen molar-refractivity contribution in [2.24, 2.45) is 5.92 Å². The van der Waals surface area contributed by atoms with Crippen LogP contribution in [0.15, 0.2) is 48.5 Å². The Labute approximate surface area is 374 Å². The topological polar surface area (TPSA) is 191 Å². The van der Waals surface area contributed by atoms with E-state index in [2.05, 4.69) is 50.0 Å². The van der Waals surface area contributed by atoms with Crippen LogP contribution in [-0.2, 0) is 43.4 Å². The van der Waals surface area contributed by atoms with Gasteiger partial charge in [-0.2, -0.15) is 8.78 Å². The summed E-state index contributed by atoms with van der Waals surface area (Å²) >= 11 is 0. The van der Waals surface area contributed by atoms with Gasteiger partial charge in [0.05, 0.1) is 11.4 Å². The molecule has 0 radical (unpaired) electrons. The highest BCUT2D eigenvalue weighted by Crippen LogP contribution is 2.30. The summed E-state index contributed by atoms with van der Waals surface area (Å²) in [5.74, 6) is -16.1. The van der Waals surface area contributed by atoms with Gasteiger partial charge in [-0.15, -0.1) is 0 Å². The summed E-state index contributed by atoms with van der Waals surface area (Å²) in [5.41, 5.74) is 10.6. The summed E-state index contributed by atoms with van der Waals surface area (Å²) in [6.07, 6.45) is 6.80. The Balaban J connectivity index is 1.08. The minimum atomic E-state index is -2.39. The number of ether oxygens (including phenoxy) is 2. The summed E-state index contributed by atoms with van der Waals surface area (Å²) in [6.45, 7) is 7.29. The fraction of sp³-hybridized carbons (Fsp3) is 0.447. The zero-order chi connectivity index (χ0) is 47.6. The quantitative estimate of drug-likeness (QED) is 0.0114. The van der Waals surface area contributed by atoms with Gasteiger partial charge in [0, 0.05) is 36.5 Å². The molecular weight excluding hydrogens is 856 g/mol. The molecule has 0 aliphatic rings. The predicted molar refractivity (Wildman–Crippen MR) is 235 cm³/mol. The Hall–Kier alpha value is -6.33. The van der Waals surface area contributed by atoms with Gasteiger partial charge in [-0.3, -0.25) is 19.2 Å². The van der Waals surface area contributed by atoms with Crippen LogP contribution in [0.1, 0.15) is 109 Å². The third-order valence-electron chi connectivity index (χ3n) is 10.8. The van der Waals surface area contributed by atoms with Crippen LogP contribution in [0.25, 0.3) is 10.9 Å². The number of hydrogen-bond acceptors (Lipinski definition) is 9. The first-order valence-corrected chi connectivity index (χ1v) is 21.8. The van der Waals surface area contributed by atoms with Crippen molar-refractivity contribution < 1.29 is 55.4 Å². The Kier molecular flexibility index (Phi) is 19.9. The van der Waals surface area contributed by atoms with Crippen molar-refractivity contribution in [3.63, 3.8) is 0 Å². The maximum Gasteiger partial charge on any atom is 0.407 e. The molecule has 3 aromatic carbocycles. The number of anilines is 2. The zero-order valence-electron chi connectivity index (χ0n) is 37.0. The highest BCUT2D eigenvalue weighted by molar-refractivity contribution is 5.97. The fourth-order valence-electron chi connectivity index (χ4n) is 6.72. The Bertz CT molecular complexity index is 2270. The van der Waals surface area contributed by atoms with Gasteiger partial charge in [-0.25, -0.2) is 22.9 Å². The van der Waals surface area contributed by atoms with Crippen molar-refractivity contribution >= 4 is 52.2 Å². The largest absolute Gasteiger partial charge is 0.445 e. The third-order valence-corrected chi connectivity index (χ3v) is 10.8. The highest BCUT2D eigenvalue weighted by Gasteiger charge is 2.29. The first-order valence-electron chi connectivity index (χ1n) is 21.8. The van der Waals surface area contributed by atoms with Crippen LogP contribution in [0.3, 0.4) is 0 Å². The lowest BCUT2D eigenvalue weighted by molar-refractivity contribution is -0.135. The number of rotatable bonds is 24. The molecule has 0 aliphatic heterocycles. The van der Waals surface area contributed by atoms with Crippen LogP contribution < -0.4 is 31.7 Å². The Morgan fingerprint density at radius 3 is 2.06 bits per heavy atom. The number of unbranched alkanes of at least 4 members (excludes halogenated alkanes) is 5. The minimum Gasteiger partial charge on any atom is -0.445 e. The molecule has 4 aromatic rings. The molecule has 0 aliphatic carbocycles. The van der Waals surface area contributed by atoms with Crippen molar-refractivity contribution in [2.45, 2.75) is 123 Å². The molecule has 13 nitrogen and oxygen atoms in total. The second-order valence-electron chi connectivity index (χ2n) is 15.9. The van der Waals surface area contributed by atoms with E-state index in [0.717, 1.165) is 67.8 Å². The molecule has 1 aromatic heterocycles. The third kappa shape index (κ3) is 15.4. The van der Waals surface area contributed by atoms with E-state index in [0.29, 0.717) is 23.6 Å². The number of alkyl carbamates (subject to hydrolysis) is 1. The number of nitrogen functional groups attached to an aromatic ring is 1. The number of hydrogen-bond donors (Lipinski definition) is 5. The lowest BCUT2D eigenvalue weighted by Crippen LogP contribution is -2.48. The van der Waals surface area contributed by atoms with Gasteiger partial charge in [-0.1, -0.05) is 57.4 Å². The number of carbonyl (C=O) groups excluding carboxylic acids is 5. The molecule has 4 rings (SSSR count). The molecule has 1 heterocycles. The maximum absolute atomic E-state index is 13.8. The van der Waals surface area contributed by atoms with Gasteiger partial charge in [-0.05, 0) is 99.7 Å². The summed E-state index contributed by atoms with van der Waals surface area (Å²) < 4.78 is 77.1. The lowest BCUT2D eigenvalue weighted by Gasteiger charge is -2.23. The molecule has 0 fully saturated rings. The second kappa shape index (κ2) is 25.2. The number of halogens is 5. The molecule has 352 valence electrons. The van der Waals surface area contributed by atoms with E-state index in [1.165, 1.54) is 12.5 Å². The summed E-state index contributed by atoms with van der Waals surface area (Å²) in [7, 11) is 0. The van der Waals surface area contributed by atoms with Crippen LogP contribution >= 0.6 is 0 Å². The first kappa shape index (κ1) is 51.3. The Morgan fingerprint density at radius 2 is 1.37 bits per heavy atom. The number of nitrogens with zero attached hydrogens (tertiary/aromatic N) is 1. The zero-order valence-corrected chi connectivity index (χ0v) is 37.0. The molecule has 1 unspecified atom stereocenters. The predicted octanol–water partition coefficient (Wildman–Crippen LogP) is 8.63. The lowest BCUT2D eigenvalue weighted by atomic mass is 9.99. The molecule has 0 spiro atoms. The van der Waals surface area contributed by atoms with Gasteiger partial charge in [0.2, 0.25) is 52.6 Å². The number of nitrogens with one attached hydrogen (secondary N) is 4. The van der Waals surface area contributed by atoms with Crippen LogP contribution in [0.2, 0.25) is 0 Å². The van der Waals surface area contributed by atoms with E-state index in [-0.39, 0.29) is 25.9 Å². The van der Waals surface area contributed by atoms with Gasteiger partial charge in [0.1, 0.15) is 18.5 Å². The van der Waals surface area contributed by atoms with Crippen molar-refractivity contribution in [1.29, 1.82) is 0 Å². The SMILES string of the molecule is CCCCCc1cc2c(CCCCCNC(=O)OCc3ccc(NC(=O)[C@H](C)NC(=O)[C@@H](C)C(C)NC(=O)CCCCC(=O)Oc4c(F)c(F)c(F)c(F)c4F)cc3)cccc2nc1N. The van der Waals surface area contributed by atoms with Crippen LogP contribution in [0.5, 0.6) is 5.75 Å². The first-order chi connectivity index (χ1) is 31.0. The number of esters is 1. The smallest absolute Gasteiger partial charge is 0.407 e. The standard InChI is InChI=1S/C47H57F5N6O7/c1-5-6-8-15-32-25-34-31(16-13-17-35(34)58-44(32)53)14-9-7-12-24-54-47(63)64-26-30-20-22-33(23-21-30)57-46(62)29(4)56-45(61)27(2)28(3)55-36(59)18-10-11-19-37(60)65-43-41(51)39(49)38(48)40(50)42(43)52/h13,16-17,20-23,25,27-29H,5-12,14-15,18-19,24,26H2,1-4H3,(H2,53,58)(H,54,63)(H,55,59)(H,56,61)(H,57,62)/t27-,28?,29-/m0/s1. The van der Waals surface area contributed by atoms with Gasteiger partial charge >= 0.3 is 12.1 Å². The van der Waals surface area contributed by atoms with Crippen LogP contribution in [0.4, 0.5) is 38.3 Å². The van der Waals surface area contributed by atoms with Crippen molar-refractivity contribution in [2.75, 3.05) is 17.6 Å². The second-order valence-corrected chi connectivity index (χ2v) is 15.9. The van der Waals surface area contributed by atoms with Crippen molar-refractivity contribution in [1.82, 2.24) is 20.9 Å². The summed E-state index contributed by atoms with van der Waals surface area (Å²) in [5, 5.41) is 11.9. The molecule has 0 bridgehead atoms. The number of carbonyl (C=O) groups is 5. The molecule has 65 heavy (non-hydrogen) atoms. The molecule has 4 amide bonds. The minimum absolute atomic E-state index is 0.0160. The normalized spacial score (nSPS) is 12.5. The number of amides is 4. The molecule has 6 N–H and O–H groups in total. The number of aromatic nitrogens is 1. The molecule has 3 atom stereocenters. The number of pyridine rings is 1. The van der Waals surface area contributed by atoms with Crippen molar-refractivity contribution in [3.05, 3.63) is 94.3 Å². The average Bonchev–Trinajstić information content (AvgIpc) is 3.28. The van der Waals surface area contributed by atoms with Gasteiger partial charge < -0.3 is 36.5 Å². The monoisotopic (exact) mass is 912 g/mol. The van der Waals surface area contributed by atoms with E-state index in [9.17, 15) is 45.9 Å². The van der Waals surface area contributed by atoms with E-state index < -0.39 is 89.0 Å². The van der Waals surface area contributed by atoms with E-state index in [1.54, 1.807) is 38.1 Å². The van der Waals surface area contributed by atoms with Crippen LogP contribution in [0, 0.1) is 35.0 Å². The number of nitrogens with two attached hydrogens (primary N) is 1. The summed E-state index contributed by atoms with van der Waals surface area (Å²) in [6, 6.07) is 13.3. The molecule has 0 saturated carbocycles. The fourth-order valence-corrected chi connectivity index (χ4v) is 6.72. The van der Waals surface area contributed by atoms with Gasteiger partial charge in [0.15, 0.2) is 0 Å². The van der Waals surface area contributed by atoms with E-state index >= 15 is 0 Å². The van der Waals surface area contributed by atoms with E-state index in [1.807, 2.05) is 12.1 Å². The van der Waals surface area contributed by atoms with Crippen LogP contribution in [-0.4, -0.2) is 53.4 Å². The number of benzene rings is 3. The van der Waals surface area contributed by atoms with Crippen molar-refractivity contribution in [3.8, 4) is 5.75 Å². The maximum atomic E-state index is 13.8. The number of fused-ring (bicyclic) bond motifs is 1. The molecule has 0 saturated heterocycles. The average molecular weight is 913 g/mol. The molecular formula is C47H57F5N6O7. The summed E-state index contributed by atoms with van der Waals surface area (Å²) in [4.78, 5) is 67.1. The highest BCUT2D eigenvalue weighted by atomic mass is 19.2. The van der Waals surface area contributed by atoms with E-state index in [4.69, 9.17) is 10.5 Å². The van der Waals surface area contributed by atoms with Gasteiger partial charge in [0.25, 0.3) is 0 Å². The Morgan fingerprint density at radius 1 is 0.723 bits per heavy atom. The number of aryl methyl sites for hydroxylation is 2.